The molecule has 3 nitrogen and oxygen atoms in total. The largest absolute Gasteiger partial charge is 0.379 e. The molecule has 0 saturated carbocycles. The van der Waals surface area contributed by atoms with E-state index in [-0.39, 0.29) is 0 Å². The third-order valence-corrected chi connectivity index (χ3v) is 2.78. The van der Waals surface area contributed by atoms with Crippen molar-refractivity contribution in [3.63, 3.8) is 0 Å². The van der Waals surface area contributed by atoms with E-state index in [1.165, 1.54) is 0 Å². The maximum atomic E-state index is 5.83. The molecule has 1 fully saturated rings. The Morgan fingerprint density at radius 1 is 1.64 bits per heavy atom. The first-order valence-electron chi connectivity index (χ1n) is 4.69. The maximum Gasteiger partial charge on any atom is 0.131 e. The van der Waals surface area contributed by atoms with Gasteiger partial charge in [-0.3, -0.25) is 0 Å². The fraction of sp³-hybridized carbons (Fsp3) is 0.500. The summed E-state index contributed by atoms with van der Waals surface area (Å²) in [5.41, 5.74) is 1.10. The van der Waals surface area contributed by atoms with E-state index in [9.17, 15) is 0 Å². The van der Waals surface area contributed by atoms with Gasteiger partial charge in [-0.2, -0.15) is 0 Å². The van der Waals surface area contributed by atoms with Crippen molar-refractivity contribution in [3.05, 3.63) is 23.5 Å². The average molecular weight is 213 g/mol. The summed E-state index contributed by atoms with van der Waals surface area (Å²) in [5.74, 6) is 0. The molecule has 2 heterocycles. The van der Waals surface area contributed by atoms with E-state index in [0.717, 1.165) is 25.3 Å². The zero-order valence-corrected chi connectivity index (χ0v) is 8.87. The predicted octanol–water partition coefficient (Wildman–Crippen LogP) is 1.96. The molecular formula is C10H13ClN2O. The quantitative estimate of drug-likeness (QED) is 0.701. The summed E-state index contributed by atoms with van der Waals surface area (Å²) in [6.45, 7) is 1.66. The second-order valence-electron chi connectivity index (χ2n) is 3.47. The number of halogens is 1. The highest BCUT2D eigenvalue weighted by Gasteiger charge is 2.20. The minimum absolute atomic E-state index is 0.466. The van der Waals surface area contributed by atoms with E-state index < -0.39 is 0 Å². The van der Waals surface area contributed by atoms with Gasteiger partial charge in [0.2, 0.25) is 0 Å². The van der Waals surface area contributed by atoms with Crippen molar-refractivity contribution >= 4 is 17.3 Å². The van der Waals surface area contributed by atoms with Gasteiger partial charge in [0.05, 0.1) is 12.6 Å². The molecular weight excluding hydrogens is 200 g/mol. The molecule has 1 atom stereocenters. The van der Waals surface area contributed by atoms with E-state index in [1.54, 1.807) is 6.20 Å². The van der Waals surface area contributed by atoms with Crippen molar-refractivity contribution in [1.29, 1.82) is 0 Å². The monoisotopic (exact) mass is 212 g/mol. The number of anilines is 1. The van der Waals surface area contributed by atoms with E-state index in [2.05, 4.69) is 16.9 Å². The molecule has 0 aromatic carbocycles. The van der Waals surface area contributed by atoms with Gasteiger partial charge in [0.25, 0.3) is 0 Å². The van der Waals surface area contributed by atoms with Crippen LogP contribution in [0.2, 0.25) is 5.15 Å². The normalized spacial score (nSPS) is 21.1. The van der Waals surface area contributed by atoms with Gasteiger partial charge in [-0.15, -0.1) is 0 Å². The number of pyridine rings is 1. The van der Waals surface area contributed by atoms with Crippen LogP contribution in [0.4, 0.5) is 5.69 Å². The second kappa shape index (κ2) is 4.15. The standard InChI is InChI=1S/C10H13ClN2O/c1-13(9-3-5-14-7-9)8-2-4-12-10(11)6-8/h2,4,6,9H,3,5,7H2,1H3. The van der Waals surface area contributed by atoms with Crippen LogP contribution in [0, 0.1) is 0 Å². The summed E-state index contributed by atoms with van der Waals surface area (Å²) < 4.78 is 5.34. The Balaban J connectivity index is 2.13. The molecule has 0 bridgehead atoms. The molecule has 1 saturated heterocycles. The fourth-order valence-corrected chi connectivity index (χ4v) is 1.82. The Hall–Kier alpha value is -0.800. The van der Waals surface area contributed by atoms with Gasteiger partial charge in [-0.05, 0) is 18.6 Å². The summed E-state index contributed by atoms with van der Waals surface area (Å²) in [7, 11) is 2.06. The Morgan fingerprint density at radius 2 is 2.50 bits per heavy atom. The lowest BCUT2D eigenvalue weighted by molar-refractivity contribution is 0.193. The lowest BCUT2D eigenvalue weighted by atomic mass is 10.2. The van der Waals surface area contributed by atoms with Gasteiger partial charge in [0.1, 0.15) is 5.15 Å². The van der Waals surface area contributed by atoms with Gasteiger partial charge in [-0.1, -0.05) is 11.6 Å². The van der Waals surface area contributed by atoms with Crippen LogP contribution >= 0.6 is 11.6 Å². The highest BCUT2D eigenvalue weighted by atomic mass is 35.5. The molecule has 76 valence electrons. The van der Waals surface area contributed by atoms with Crippen molar-refractivity contribution in [1.82, 2.24) is 4.98 Å². The van der Waals surface area contributed by atoms with Gasteiger partial charge < -0.3 is 9.64 Å². The van der Waals surface area contributed by atoms with E-state index in [0.29, 0.717) is 11.2 Å². The molecule has 0 spiro atoms. The second-order valence-corrected chi connectivity index (χ2v) is 3.85. The Labute approximate surface area is 88.6 Å². The Bertz CT molecular complexity index is 313. The highest BCUT2D eigenvalue weighted by Crippen LogP contribution is 2.21. The molecule has 1 aromatic rings. The molecule has 4 heteroatoms. The van der Waals surface area contributed by atoms with E-state index in [4.69, 9.17) is 16.3 Å². The Kier molecular flexibility index (Phi) is 2.89. The van der Waals surface area contributed by atoms with E-state index >= 15 is 0 Å². The molecule has 1 unspecified atom stereocenters. The lowest BCUT2D eigenvalue weighted by Gasteiger charge is -2.25. The summed E-state index contributed by atoms with van der Waals surface area (Å²) >= 11 is 5.83. The van der Waals surface area contributed by atoms with Crippen LogP contribution in [0.15, 0.2) is 18.3 Å². The highest BCUT2D eigenvalue weighted by molar-refractivity contribution is 6.29. The number of rotatable bonds is 2. The zero-order chi connectivity index (χ0) is 9.97. The smallest absolute Gasteiger partial charge is 0.131 e. The average Bonchev–Trinajstić information content (AvgIpc) is 2.69. The maximum absolute atomic E-state index is 5.83. The van der Waals surface area contributed by atoms with Gasteiger partial charge >= 0.3 is 0 Å². The predicted molar refractivity (Wildman–Crippen MR) is 56.9 cm³/mol. The number of nitrogens with zero attached hydrogens (tertiary/aromatic N) is 2. The molecule has 14 heavy (non-hydrogen) atoms. The molecule has 1 aliphatic heterocycles. The van der Waals surface area contributed by atoms with Crippen LogP contribution in [-0.4, -0.2) is 31.3 Å². The Morgan fingerprint density at radius 3 is 3.14 bits per heavy atom. The van der Waals surface area contributed by atoms with Crippen LogP contribution in [-0.2, 0) is 4.74 Å². The summed E-state index contributed by atoms with van der Waals surface area (Å²) in [4.78, 5) is 6.15. The first kappa shape index (κ1) is 9.74. The molecule has 1 aromatic heterocycles. The van der Waals surface area contributed by atoms with Crippen LogP contribution in [0.1, 0.15) is 6.42 Å². The van der Waals surface area contributed by atoms with Crippen LogP contribution in [0.25, 0.3) is 0 Å². The van der Waals surface area contributed by atoms with E-state index in [1.807, 2.05) is 12.1 Å². The SMILES string of the molecule is CN(c1ccnc(Cl)c1)C1CCOC1. The van der Waals surface area contributed by atoms with Gasteiger partial charge in [0, 0.05) is 25.5 Å². The van der Waals surface area contributed by atoms with Crippen molar-refractivity contribution < 1.29 is 4.74 Å². The van der Waals surface area contributed by atoms with Crippen LogP contribution < -0.4 is 4.90 Å². The van der Waals surface area contributed by atoms with Crippen molar-refractivity contribution in [2.75, 3.05) is 25.2 Å². The summed E-state index contributed by atoms with van der Waals surface area (Å²) in [5, 5.41) is 0.535. The minimum atomic E-state index is 0.466. The molecule has 0 aliphatic carbocycles. The summed E-state index contributed by atoms with van der Waals surface area (Å²) in [6, 6.07) is 4.30. The third-order valence-electron chi connectivity index (χ3n) is 2.57. The molecule has 2 rings (SSSR count). The first-order chi connectivity index (χ1) is 6.77. The summed E-state index contributed by atoms with van der Waals surface area (Å²) in [6.07, 6.45) is 2.81. The molecule has 0 N–H and O–H groups in total. The van der Waals surface area contributed by atoms with Crippen molar-refractivity contribution in [3.8, 4) is 0 Å². The molecule has 1 aliphatic rings. The fourth-order valence-electron chi connectivity index (χ4n) is 1.65. The topological polar surface area (TPSA) is 25.4 Å². The number of aromatic nitrogens is 1. The van der Waals surface area contributed by atoms with Crippen molar-refractivity contribution in [2.24, 2.45) is 0 Å². The lowest BCUT2D eigenvalue weighted by Crippen LogP contribution is -2.31. The number of hydrogen-bond donors (Lipinski definition) is 0. The van der Waals surface area contributed by atoms with Gasteiger partial charge in [-0.25, -0.2) is 4.98 Å². The first-order valence-corrected chi connectivity index (χ1v) is 5.07. The number of likely N-dealkylation sites (N-methyl/N-ethyl adjacent to an activating group) is 1. The third kappa shape index (κ3) is 1.99. The molecule has 0 amide bonds. The van der Waals surface area contributed by atoms with Crippen LogP contribution in [0.5, 0.6) is 0 Å². The molecule has 0 radical (unpaired) electrons. The van der Waals surface area contributed by atoms with Crippen molar-refractivity contribution in [2.45, 2.75) is 12.5 Å². The van der Waals surface area contributed by atoms with Crippen LogP contribution in [0.3, 0.4) is 0 Å². The number of ether oxygens (including phenoxy) is 1. The van der Waals surface area contributed by atoms with Gasteiger partial charge in [0.15, 0.2) is 0 Å². The zero-order valence-electron chi connectivity index (χ0n) is 8.11. The number of hydrogen-bond acceptors (Lipinski definition) is 3. The minimum Gasteiger partial charge on any atom is -0.379 e.